The Bertz CT molecular complexity index is 1350. The van der Waals surface area contributed by atoms with Crippen LogP contribution in [0.1, 0.15) is 53.8 Å². The van der Waals surface area contributed by atoms with Gasteiger partial charge in [-0.1, -0.05) is 24.8 Å². The van der Waals surface area contributed by atoms with E-state index in [2.05, 4.69) is 11.6 Å². The molecule has 2 aliphatic rings. The van der Waals surface area contributed by atoms with Gasteiger partial charge in [-0.3, -0.25) is 4.79 Å². The topological polar surface area (TPSA) is 107 Å². The van der Waals surface area contributed by atoms with Crippen molar-refractivity contribution < 1.29 is 19.8 Å². The minimum Gasteiger partial charge on any atom is -0.478 e. The third-order valence-corrected chi connectivity index (χ3v) is 7.03. The van der Waals surface area contributed by atoms with E-state index in [1.165, 1.54) is 0 Å². The lowest BCUT2D eigenvalue weighted by Gasteiger charge is -2.41. The fraction of sp³-hybridized carbons (Fsp3) is 0.357. The van der Waals surface area contributed by atoms with Crippen molar-refractivity contribution in [2.24, 2.45) is 0 Å². The molecule has 0 spiro atoms. The van der Waals surface area contributed by atoms with Gasteiger partial charge in [0.15, 0.2) is 0 Å². The molecule has 0 radical (unpaired) electrons. The van der Waals surface area contributed by atoms with Gasteiger partial charge in [0, 0.05) is 49.0 Å². The highest BCUT2D eigenvalue weighted by molar-refractivity contribution is 6.00. The van der Waals surface area contributed by atoms with E-state index < -0.39 is 5.97 Å². The minimum absolute atomic E-state index is 0.0901. The van der Waals surface area contributed by atoms with E-state index in [9.17, 15) is 14.7 Å². The number of para-hydroxylation sites is 1. The third-order valence-electron chi connectivity index (χ3n) is 7.03. The molecule has 8 heteroatoms. The molecule has 1 atom stereocenters. The highest BCUT2D eigenvalue weighted by atomic mass is 16.4. The maximum absolute atomic E-state index is 12.5. The second-order valence-corrected chi connectivity index (χ2v) is 9.54. The summed E-state index contributed by atoms with van der Waals surface area (Å²) in [5, 5.41) is 20.3. The van der Waals surface area contributed by atoms with Crippen LogP contribution in [-0.4, -0.2) is 69.2 Å². The highest BCUT2D eigenvalue weighted by Gasteiger charge is 2.34. The average Bonchev–Trinajstić information content (AvgIpc) is 3.72. The zero-order valence-corrected chi connectivity index (χ0v) is 20.4. The van der Waals surface area contributed by atoms with Gasteiger partial charge in [0.2, 0.25) is 5.91 Å². The SMILES string of the molecule is C=Cc1cc(-c2cc(C(=O)O)c(N3CCN(C(=O)CCO)[C@H](C)C3)nc2C2CC2)c2ccccc2n1. The van der Waals surface area contributed by atoms with Crippen LogP contribution in [0, 0.1) is 0 Å². The van der Waals surface area contributed by atoms with E-state index in [4.69, 9.17) is 10.1 Å². The molecule has 3 aromatic rings. The number of benzene rings is 1. The molecule has 36 heavy (non-hydrogen) atoms. The molecular formula is C28H30N4O4. The van der Waals surface area contributed by atoms with E-state index in [-0.39, 0.29) is 36.5 Å². The fourth-order valence-electron chi connectivity index (χ4n) is 5.08. The molecule has 1 aliphatic carbocycles. The summed E-state index contributed by atoms with van der Waals surface area (Å²) >= 11 is 0. The molecule has 0 unspecified atom stereocenters. The van der Waals surface area contributed by atoms with Crippen LogP contribution < -0.4 is 4.90 Å². The Morgan fingerprint density at radius 3 is 2.58 bits per heavy atom. The number of aliphatic hydroxyl groups excluding tert-OH is 1. The number of anilines is 1. The molecule has 1 amide bonds. The van der Waals surface area contributed by atoms with Crippen molar-refractivity contribution in [2.45, 2.75) is 38.1 Å². The fourth-order valence-corrected chi connectivity index (χ4v) is 5.08. The van der Waals surface area contributed by atoms with Crippen LogP contribution in [0.5, 0.6) is 0 Å². The maximum atomic E-state index is 12.5. The van der Waals surface area contributed by atoms with Crippen molar-refractivity contribution in [1.29, 1.82) is 0 Å². The highest BCUT2D eigenvalue weighted by Crippen LogP contribution is 2.46. The smallest absolute Gasteiger partial charge is 0.339 e. The number of aromatic carboxylic acids is 1. The van der Waals surface area contributed by atoms with Crippen LogP contribution in [0.4, 0.5) is 5.82 Å². The Morgan fingerprint density at radius 2 is 1.92 bits per heavy atom. The molecule has 2 fully saturated rings. The molecule has 1 saturated heterocycles. The summed E-state index contributed by atoms with van der Waals surface area (Å²) in [5.41, 5.74) is 4.34. The number of amides is 1. The van der Waals surface area contributed by atoms with Crippen LogP contribution >= 0.6 is 0 Å². The van der Waals surface area contributed by atoms with Crippen molar-refractivity contribution in [3.63, 3.8) is 0 Å². The second-order valence-electron chi connectivity index (χ2n) is 9.54. The van der Waals surface area contributed by atoms with Crippen LogP contribution in [0.25, 0.3) is 28.1 Å². The van der Waals surface area contributed by atoms with Crippen LogP contribution in [0.2, 0.25) is 0 Å². The number of pyridine rings is 2. The molecule has 1 aromatic carbocycles. The predicted octanol–water partition coefficient (Wildman–Crippen LogP) is 3.93. The molecule has 2 N–H and O–H groups in total. The first-order valence-corrected chi connectivity index (χ1v) is 12.4. The lowest BCUT2D eigenvalue weighted by atomic mass is 9.95. The Morgan fingerprint density at radius 1 is 1.14 bits per heavy atom. The number of carboxylic acid groups (broad SMARTS) is 1. The zero-order valence-electron chi connectivity index (χ0n) is 20.4. The van der Waals surface area contributed by atoms with Gasteiger partial charge in [-0.25, -0.2) is 14.8 Å². The number of rotatable bonds is 7. The van der Waals surface area contributed by atoms with E-state index in [1.807, 2.05) is 42.2 Å². The Labute approximate surface area is 209 Å². The number of aromatic nitrogens is 2. The Hall–Kier alpha value is -3.78. The molecule has 5 rings (SSSR count). The van der Waals surface area contributed by atoms with Gasteiger partial charge in [-0.05, 0) is 49.6 Å². The van der Waals surface area contributed by atoms with E-state index in [1.54, 1.807) is 17.0 Å². The Kier molecular flexibility index (Phi) is 6.45. The number of aliphatic hydroxyl groups is 1. The lowest BCUT2D eigenvalue weighted by Crippen LogP contribution is -2.54. The van der Waals surface area contributed by atoms with Gasteiger partial charge in [-0.2, -0.15) is 0 Å². The summed E-state index contributed by atoms with van der Waals surface area (Å²) in [6, 6.07) is 11.4. The van der Waals surface area contributed by atoms with E-state index >= 15 is 0 Å². The molecule has 1 aliphatic heterocycles. The summed E-state index contributed by atoms with van der Waals surface area (Å²) in [6.45, 7) is 7.06. The van der Waals surface area contributed by atoms with Crippen molar-refractivity contribution in [3.8, 4) is 11.1 Å². The van der Waals surface area contributed by atoms with Gasteiger partial charge in [0.05, 0.1) is 23.5 Å². The first-order chi connectivity index (χ1) is 17.4. The van der Waals surface area contributed by atoms with Gasteiger partial charge in [0.25, 0.3) is 0 Å². The predicted molar refractivity (Wildman–Crippen MR) is 139 cm³/mol. The molecule has 8 nitrogen and oxygen atoms in total. The van der Waals surface area contributed by atoms with E-state index in [0.29, 0.717) is 25.5 Å². The Balaban J connectivity index is 1.61. The second kappa shape index (κ2) is 9.70. The zero-order chi connectivity index (χ0) is 25.4. The molecular weight excluding hydrogens is 456 g/mol. The molecule has 0 bridgehead atoms. The summed E-state index contributed by atoms with van der Waals surface area (Å²) in [5.74, 6) is -0.385. The molecule has 2 aromatic heterocycles. The van der Waals surface area contributed by atoms with Crippen molar-refractivity contribution >= 4 is 34.7 Å². The number of carbonyl (C=O) groups is 2. The molecule has 1 saturated carbocycles. The van der Waals surface area contributed by atoms with Gasteiger partial charge < -0.3 is 20.0 Å². The number of hydrogen-bond donors (Lipinski definition) is 2. The van der Waals surface area contributed by atoms with E-state index in [0.717, 1.165) is 46.3 Å². The van der Waals surface area contributed by atoms with Gasteiger partial charge in [0.1, 0.15) is 11.4 Å². The third kappa shape index (κ3) is 4.44. The first-order valence-electron chi connectivity index (χ1n) is 12.4. The number of piperazine rings is 1. The summed E-state index contributed by atoms with van der Waals surface area (Å²) in [4.78, 5) is 38.2. The minimum atomic E-state index is -1.03. The van der Waals surface area contributed by atoms with Crippen molar-refractivity contribution in [2.75, 3.05) is 31.1 Å². The summed E-state index contributed by atoms with van der Waals surface area (Å²) in [7, 11) is 0. The first kappa shape index (κ1) is 23.9. The van der Waals surface area contributed by atoms with Gasteiger partial charge >= 0.3 is 5.97 Å². The maximum Gasteiger partial charge on any atom is 0.339 e. The number of carboxylic acids is 1. The molecule has 3 heterocycles. The number of nitrogens with zero attached hydrogens (tertiary/aromatic N) is 4. The normalized spacial score (nSPS) is 17.9. The molecule has 186 valence electrons. The standard InChI is InChI=1S/C28H30N4O4/c1-3-19-14-21(20-6-4-5-7-24(20)29-19)22-15-23(28(35)36)27(30-26(22)18-8-9-18)31-11-12-32(17(2)16-31)25(34)10-13-33/h3-7,14-15,17-18,33H,1,8-13,16H2,2H3,(H,35,36)/t17-/m1/s1. The number of hydrogen-bond acceptors (Lipinski definition) is 6. The lowest BCUT2D eigenvalue weighted by molar-refractivity contribution is -0.134. The van der Waals surface area contributed by atoms with Gasteiger partial charge in [-0.15, -0.1) is 0 Å². The largest absolute Gasteiger partial charge is 0.478 e. The van der Waals surface area contributed by atoms with Crippen molar-refractivity contribution in [1.82, 2.24) is 14.9 Å². The van der Waals surface area contributed by atoms with Crippen LogP contribution in [-0.2, 0) is 4.79 Å². The van der Waals surface area contributed by atoms with Crippen LogP contribution in [0.3, 0.4) is 0 Å². The number of carbonyl (C=O) groups excluding carboxylic acids is 1. The number of fused-ring (bicyclic) bond motifs is 1. The summed E-state index contributed by atoms with van der Waals surface area (Å²) in [6.07, 6.45) is 3.83. The van der Waals surface area contributed by atoms with Crippen molar-refractivity contribution in [3.05, 3.63) is 59.9 Å². The van der Waals surface area contributed by atoms with Crippen LogP contribution in [0.15, 0.2) is 43.0 Å². The summed E-state index contributed by atoms with van der Waals surface area (Å²) < 4.78 is 0. The quantitative estimate of drug-likeness (QED) is 0.521. The monoisotopic (exact) mass is 486 g/mol. The average molecular weight is 487 g/mol.